The van der Waals surface area contributed by atoms with Gasteiger partial charge in [-0.3, -0.25) is 0 Å². The molecule has 0 aromatic heterocycles. The first kappa shape index (κ1) is 13.6. The van der Waals surface area contributed by atoms with E-state index >= 15 is 0 Å². The summed E-state index contributed by atoms with van der Waals surface area (Å²) in [5.74, 6) is 0.810. The summed E-state index contributed by atoms with van der Waals surface area (Å²) in [5, 5.41) is 0. The molecule has 94 valence electrons. The normalized spacial score (nSPS) is 10.4. The Morgan fingerprint density at radius 1 is 1.35 bits per heavy atom. The molecule has 3 heteroatoms. The number of esters is 1. The number of aryl methyl sites for hydroxylation is 1. The van der Waals surface area contributed by atoms with Crippen LogP contribution < -0.4 is 4.74 Å². The van der Waals surface area contributed by atoms with Crippen molar-refractivity contribution in [2.75, 3.05) is 13.2 Å². The minimum Gasteiger partial charge on any atom is -0.482 e. The van der Waals surface area contributed by atoms with E-state index in [1.165, 1.54) is 0 Å². The van der Waals surface area contributed by atoms with Crippen LogP contribution in [0.3, 0.4) is 0 Å². The van der Waals surface area contributed by atoms with Gasteiger partial charge < -0.3 is 9.47 Å². The van der Waals surface area contributed by atoms with Crippen LogP contribution in [0.1, 0.15) is 37.8 Å². The smallest absolute Gasteiger partial charge is 0.344 e. The van der Waals surface area contributed by atoms with Crippen LogP contribution >= 0.6 is 0 Å². The second-order valence-corrected chi connectivity index (χ2v) is 4.29. The molecule has 0 aliphatic carbocycles. The highest BCUT2D eigenvalue weighted by Gasteiger charge is 2.10. The highest BCUT2D eigenvalue weighted by atomic mass is 16.6. The van der Waals surface area contributed by atoms with E-state index in [1.807, 2.05) is 25.1 Å². The van der Waals surface area contributed by atoms with Crippen LogP contribution in [-0.4, -0.2) is 19.2 Å². The highest BCUT2D eigenvalue weighted by molar-refractivity contribution is 5.71. The fraction of sp³-hybridized carbons (Fsp3) is 0.500. The van der Waals surface area contributed by atoms with E-state index in [2.05, 4.69) is 13.8 Å². The van der Waals surface area contributed by atoms with Gasteiger partial charge in [0.15, 0.2) is 6.61 Å². The van der Waals surface area contributed by atoms with Gasteiger partial charge in [-0.15, -0.1) is 0 Å². The van der Waals surface area contributed by atoms with E-state index in [0.29, 0.717) is 12.5 Å². The molecule has 17 heavy (non-hydrogen) atoms. The second-order valence-electron chi connectivity index (χ2n) is 4.29. The van der Waals surface area contributed by atoms with Crippen LogP contribution in [0.4, 0.5) is 0 Å². The monoisotopic (exact) mass is 236 g/mol. The SMILES string of the molecule is CCOC(=O)COc1cc(C)ccc1C(C)C. The largest absolute Gasteiger partial charge is 0.482 e. The summed E-state index contributed by atoms with van der Waals surface area (Å²) >= 11 is 0. The summed E-state index contributed by atoms with van der Waals surface area (Å²) in [6, 6.07) is 6.04. The third-order valence-corrected chi connectivity index (χ3v) is 2.44. The number of hydrogen-bond acceptors (Lipinski definition) is 3. The van der Waals surface area contributed by atoms with Crippen LogP contribution in [0.2, 0.25) is 0 Å². The Bertz CT molecular complexity index is 383. The Labute approximate surface area is 103 Å². The van der Waals surface area contributed by atoms with Crippen molar-refractivity contribution >= 4 is 5.97 Å². The van der Waals surface area contributed by atoms with Crippen LogP contribution in [-0.2, 0) is 9.53 Å². The summed E-state index contributed by atoms with van der Waals surface area (Å²) in [6.45, 7) is 8.33. The van der Waals surface area contributed by atoms with Gasteiger partial charge >= 0.3 is 5.97 Å². The van der Waals surface area contributed by atoms with Crippen LogP contribution in [0, 0.1) is 6.92 Å². The van der Waals surface area contributed by atoms with E-state index in [0.717, 1.165) is 16.9 Å². The van der Waals surface area contributed by atoms with Crippen LogP contribution in [0.5, 0.6) is 5.75 Å². The molecular formula is C14H20O3. The molecule has 0 aliphatic rings. The average molecular weight is 236 g/mol. The molecule has 3 nitrogen and oxygen atoms in total. The zero-order valence-corrected chi connectivity index (χ0v) is 10.9. The van der Waals surface area contributed by atoms with E-state index in [4.69, 9.17) is 9.47 Å². The molecule has 0 unspecified atom stereocenters. The van der Waals surface area contributed by atoms with Gasteiger partial charge in [0, 0.05) is 0 Å². The van der Waals surface area contributed by atoms with Crippen LogP contribution in [0.25, 0.3) is 0 Å². The van der Waals surface area contributed by atoms with Gasteiger partial charge in [-0.05, 0) is 37.0 Å². The van der Waals surface area contributed by atoms with Crippen molar-refractivity contribution in [3.8, 4) is 5.75 Å². The zero-order chi connectivity index (χ0) is 12.8. The molecule has 0 bridgehead atoms. The predicted octanol–water partition coefficient (Wildman–Crippen LogP) is 3.06. The molecule has 0 N–H and O–H groups in total. The molecule has 0 saturated heterocycles. The summed E-state index contributed by atoms with van der Waals surface area (Å²) in [7, 11) is 0. The van der Waals surface area contributed by atoms with Gasteiger partial charge in [0.2, 0.25) is 0 Å². The lowest BCUT2D eigenvalue weighted by Gasteiger charge is -2.14. The lowest BCUT2D eigenvalue weighted by molar-refractivity contribution is -0.145. The number of carbonyl (C=O) groups excluding carboxylic acids is 1. The molecule has 0 aliphatic heterocycles. The zero-order valence-electron chi connectivity index (χ0n) is 10.9. The number of hydrogen-bond donors (Lipinski definition) is 0. The quantitative estimate of drug-likeness (QED) is 0.737. The molecule has 0 heterocycles. The summed E-state index contributed by atoms with van der Waals surface area (Å²) in [6.07, 6.45) is 0. The van der Waals surface area contributed by atoms with E-state index in [1.54, 1.807) is 6.92 Å². The Morgan fingerprint density at radius 2 is 2.06 bits per heavy atom. The van der Waals surface area contributed by atoms with Crippen molar-refractivity contribution < 1.29 is 14.3 Å². The molecule has 1 aromatic carbocycles. The Hall–Kier alpha value is -1.51. The fourth-order valence-corrected chi connectivity index (χ4v) is 1.58. The van der Waals surface area contributed by atoms with Gasteiger partial charge in [-0.2, -0.15) is 0 Å². The molecule has 1 aromatic rings. The molecular weight excluding hydrogens is 216 g/mol. The van der Waals surface area contributed by atoms with Crippen molar-refractivity contribution in [1.82, 2.24) is 0 Å². The topological polar surface area (TPSA) is 35.5 Å². The Balaban J connectivity index is 2.75. The average Bonchev–Trinajstić information content (AvgIpc) is 2.26. The van der Waals surface area contributed by atoms with Gasteiger partial charge in [0.25, 0.3) is 0 Å². The maximum atomic E-state index is 11.2. The minimum atomic E-state index is -0.330. The third kappa shape index (κ3) is 4.10. The molecule has 0 amide bonds. The van der Waals surface area contributed by atoms with Crippen molar-refractivity contribution in [1.29, 1.82) is 0 Å². The number of benzene rings is 1. The molecule has 0 radical (unpaired) electrons. The standard InChI is InChI=1S/C14H20O3/c1-5-16-14(15)9-17-13-8-11(4)6-7-12(13)10(2)3/h6-8,10H,5,9H2,1-4H3. The second kappa shape index (κ2) is 6.28. The summed E-state index contributed by atoms with van der Waals surface area (Å²) in [4.78, 5) is 11.2. The summed E-state index contributed by atoms with van der Waals surface area (Å²) < 4.78 is 10.3. The molecule has 1 rings (SSSR count). The Morgan fingerprint density at radius 3 is 2.65 bits per heavy atom. The lowest BCUT2D eigenvalue weighted by atomic mass is 10.0. The van der Waals surface area contributed by atoms with E-state index < -0.39 is 0 Å². The molecule has 0 fully saturated rings. The van der Waals surface area contributed by atoms with Crippen LogP contribution in [0.15, 0.2) is 18.2 Å². The fourth-order valence-electron chi connectivity index (χ4n) is 1.58. The lowest BCUT2D eigenvalue weighted by Crippen LogP contribution is -2.15. The highest BCUT2D eigenvalue weighted by Crippen LogP contribution is 2.27. The van der Waals surface area contributed by atoms with E-state index in [-0.39, 0.29) is 12.6 Å². The first-order chi connectivity index (χ1) is 8.04. The maximum absolute atomic E-state index is 11.2. The first-order valence-corrected chi connectivity index (χ1v) is 5.93. The van der Waals surface area contributed by atoms with E-state index in [9.17, 15) is 4.79 Å². The van der Waals surface area contributed by atoms with Crippen molar-refractivity contribution in [2.45, 2.75) is 33.6 Å². The number of carbonyl (C=O) groups is 1. The van der Waals surface area contributed by atoms with Gasteiger partial charge in [-0.25, -0.2) is 4.79 Å². The maximum Gasteiger partial charge on any atom is 0.344 e. The third-order valence-electron chi connectivity index (χ3n) is 2.44. The van der Waals surface area contributed by atoms with Gasteiger partial charge in [0.05, 0.1) is 6.61 Å². The Kier molecular flexibility index (Phi) is 5.01. The predicted molar refractivity (Wildman–Crippen MR) is 67.4 cm³/mol. The first-order valence-electron chi connectivity index (χ1n) is 5.93. The number of rotatable bonds is 5. The molecule has 0 spiro atoms. The van der Waals surface area contributed by atoms with Crippen molar-refractivity contribution in [2.24, 2.45) is 0 Å². The molecule has 0 atom stereocenters. The molecule has 0 saturated carbocycles. The minimum absolute atomic E-state index is 0.0307. The summed E-state index contributed by atoms with van der Waals surface area (Å²) in [5.41, 5.74) is 2.23. The van der Waals surface area contributed by atoms with Gasteiger partial charge in [0.1, 0.15) is 5.75 Å². The van der Waals surface area contributed by atoms with Crippen molar-refractivity contribution in [3.05, 3.63) is 29.3 Å². The van der Waals surface area contributed by atoms with Crippen molar-refractivity contribution in [3.63, 3.8) is 0 Å². The van der Waals surface area contributed by atoms with Gasteiger partial charge in [-0.1, -0.05) is 26.0 Å². The number of ether oxygens (including phenoxy) is 2.